The van der Waals surface area contributed by atoms with Crippen molar-refractivity contribution in [3.05, 3.63) is 0 Å². The van der Waals surface area contributed by atoms with Gasteiger partial charge in [-0.1, -0.05) is 20.3 Å². The Kier molecular flexibility index (Phi) is 5.40. The highest BCUT2D eigenvalue weighted by Crippen LogP contribution is 2.13. The van der Waals surface area contributed by atoms with Crippen LogP contribution in [0.4, 0.5) is 0 Å². The Balaban J connectivity index is 1.88. The maximum atomic E-state index is 12.5. The number of hydrogen-bond donors (Lipinski definition) is 1. The van der Waals surface area contributed by atoms with Gasteiger partial charge in [0.1, 0.15) is 0 Å². The molecule has 0 aromatic carbocycles. The average molecular weight is 281 g/mol. The zero-order valence-electron chi connectivity index (χ0n) is 12.7. The Morgan fingerprint density at radius 1 is 1.00 bits per heavy atom. The smallest absolute Gasteiger partial charge is 0.239 e. The van der Waals surface area contributed by atoms with E-state index in [4.69, 9.17) is 0 Å². The summed E-state index contributed by atoms with van der Waals surface area (Å²) in [5.41, 5.74) is 0. The van der Waals surface area contributed by atoms with Gasteiger partial charge in [0.25, 0.3) is 0 Å². The van der Waals surface area contributed by atoms with E-state index in [0.29, 0.717) is 13.1 Å². The molecule has 1 unspecified atom stereocenters. The van der Waals surface area contributed by atoms with Gasteiger partial charge in [-0.15, -0.1) is 0 Å². The molecule has 0 aliphatic carbocycles. The van der Waals surface area contributed by atoms with Crippen LogP contribution in [0.3, 0.4) is 0 Å². The molecule has 5 nitrogen and oxygen atoms in total. The molecule has 2 saturated heterocycles. The maximum Gasteiger partial charge on any atom is 0.239 e. The molecule has 0 saturated carbocycles. The fraction of sp³-hybridized carbons (Fsp3) is 0.867. The fourth-order valence-corrected chi connectivity index (χ4v) is 3.01. The zero-order valence-corrected chi connectivity index (χ0v) is 12.7. The Bertz CT molecular complexity index is 351. The molecule has 0 aromatic heterocycles. The van der Waals surface area contributed by atoms with Crippen molar-refractivity contribution in [3.63, 3.8) is 0 Å². The first-order valence-electron chi connectivity index (χ1n) is 7.90. The van der Waals surface area contributed by atoms with Gasteiger partial charge < -0.3 is 15.1 Å². The third-order valence-electron chi connectivity index (χ3n) is 4.22. The highest BCUT2D eigenvalue weighted by atomic mass is 16.2. The SMILES string of the molecule is CC(C)C(=O)N1CCCN(C(=O)C2CCCCN2)CC1. The molecular weight excluding hydrogens is 254 g/mol. The fourth-order valence-electron chi connectivity index (χ4n) is 3.01. The van der Waals surface area contributed by atoms with E-state index in [0.717, 1.165) is 38.9 Å². The van der Waals surface area contributed by atoms with E-state index in [2.05, 4.69) is 5.32 Å². The van der Waals surface area contributed by atoms with Crippen molar-refractivity contribution in [2.45, 2.75) is 45.6 Å². The molecule has 0 spiro atoms. The summed E-state index contributed by atoms with van der Waals surface area (Å²) in [6.45, 7) is 7.72. The summed E-state index contributed by atoms with van der Waals surface area (Å²) in [7, 11) is 0. The second-order valence-corrected chi connectivity index (χ2v) is 6.16. The van der Waals surface area contributed by atoms with Crippen LogP contribution in [-0.2, 0) is 9.59 Å². The molecule has 0 aromatic rings. The van der Waals surface area contributed by atoms with Crippen LogP contribution >= 0.6 is 0 Å². The lowest BCUT2D eigenvalue weighted by atomic mass is 10.0. The summed E-state index contributed by atoms with van der Waals surface area (Å²) in [6, 6.07) is -0.00361. The van der Waals surface area contributed by atoms with Crippen LogP contribution in [0.1, 0.15) is 39.5 Å². The first-order chi connectivity index (χ1) is 9.59. The molecule has 1 N–H and O–H groups in total. The van der Waals surface area contributed by atoms with Gasteiger partial charge in [-0.3, -0.25) is 9.59 Å². The summed E-state index contributed by atoms with van der Waals surface area (Å²) in [5.74, 6) is 0.468. The van der Waals surface area contributed by atoms with Crippen molar-refractivity contribution in [1.29, 1.82) is 0 Å². The minimum absolute atomic E-state index is 0.00361. The number of piperidine rings is 1. The molecule has 2 aliphatic heterocycles. The molecule has 114 valence electrons. The molecular formula is C15H27N3O2. The normalized spacial score (nSPS) is 24.6. The minimum atomic E-state index is -0.00361. The molecule has 2 fully saturated rings. The summed E-state index contributed by atoms with van der Waals surface area (Å²) in [5, 5.41) is 3.32. The van der Waals surface area contributed by atoms with E-state index in [-0.39, 0.29) is 23.8 Å². The lowest BCUT2D eigenvalue weighted by molar-refractivity contribution is -0.136. The largest absolute Gasteiger partial charge is 0.341 e. The van der Waals surface area contributed by atoms with Crippen LogP contribution in [0.5, 0.6) is 0 Å². The van der Waals surface area contributed by atoms with Gasteiger partial charge in [-0.05, 0) is 25.8 Å². The highest BCUT2D eigenvalue weighted by Gasteiger charge is 2.28. The lowest BCUT2D eigenvalue weighted by Gasteiger charge is -2.29. The first-order valence-corrected chi connectivity index (χ1v) is 7.90. The number of nitrogens with zero attached hydrogens (tertiary/aromatic N) is 2. The molecule has 2 rings (SSSR count). The highest BCUT2D eigenvalue weighted by molar-refractivity contribution is 5.82. The summed E-state index contributed by atoms with van der Waals surface area (Å²) in [4.78, 5) is 28.4. The van der Waals surface area contributed by atoms with Crippen LogP contribution in [0, 0.1) is 5.92 Å². The number of nitrogens with one attached hydrogen (secondary N) is 1. The number of amides is 2. The second-order valence-electron chi connectivity index (χ2n) is 6.16. The van der Waals surface area contributed by atoms with Crippen molar-refractivity contribution >= 4 is 11.8 Å². The number of carbonyl (C=O) groups excluding carboxylic acids is 2. The van der Waals surface area contributed by atoms with Crippen LogP contribution in [-0.4, -0.2) is 60.4 Å². The van der Waals surface area contributed by atoms with Crippen molar-refractivity contribution < 1.29 is 9.59 Å². The predicted molar refractivity (Wildman–Crippen MR) is 78.3 cm³/mol. The molecule has 0 radical (unpaired) electrons. The predicted octanol–water partition coefficient (Wildman–Crippen LogP) is 0.845. The topological polar surface area (TPSA) is 52.7 Å². The zero-order chi connectivity index (χ0) is 14.5. The summed E-state index contributed by atoms with van der Waals surface area (Å²) in [6.07, 6.45) is 4.14. The van der Waals surface area contributed by atoms with Crippen LogP contribution < -0.4 is 5.32 Å². The number of rotatable bonds is 2. The first kappa shape index (κ1) is 15.3. The molecule has 20 heavy (non-hydrogen) atoms. The Morgan fingerprint density at radius 2 is 1.70 bits per heavy atom. The molecule has 0 bridgehead atoms. The molecule has 2 amide bonds. The Morgan fingerprint density at radius 3 is 2.35 bits per heavy atom. The van der Waals surface area contributed by atoms with Gasteiger partial charge in [0.15, 0.2) is 0 Å². The van der Waals surface area contributed by atoms with E-state index < -0.39 is 0 Å². The van der Waals surface area contributed by atoms with Gasteiger partial charge in [-0.25, -0.2) is 0 Å². The summed E-state index contributed by atoms with van der Waals surface area (Å²) >= 11 is 0. The maximum absolute atomic E-state index is 12.5. The van der Waals surface area contributed by atoms with Crippen molar-refractivity contribution in [2.24, 2.45) is 5.92 Å². The third-order valence-corrected chi connectivity index (χ3v) is 4.22. The van der Waals surface area contributed by atoms with Crippen LogP contribution in [0.15, 0.2) is 0 Å². The standard InChI is InChI=1S/C15H27N3O2/c1-12(2)14(19)17-8-5-9-18(11-10-17)15(20)13-6-3-4-7-16-13/h12-13,16H,3-11H2,1-2H3. The van der Waals surface area contributed by atoms with Crippen molar-refractivity contribution in [1.82, 2.24) is 15.1 Å². The molecule has 1 atom stereocenters. The van der Waals surface area contributed by atoms with Crippen LogP contribution in [0.2, 0.25) is 0 Å². The van der Waals surface area contributed by atoms with E-state index in [1.54, 1.807) is 0 Å². The van der Waals surface area contributed by atoms with E-state index in [1.807, 2.05) is 23.6 Å². The minimum Gasteiger partial charge on any atom is -0.341 e. The van der Waals surface area contributed by atoms with Gasteiger partial charge >= 0.3 is 0 Å². The molecule has 2 aliphatic rings. The van der Waals surface area contributed by atoms with Gasteiger partial charge in [0.2, 0.25) is 11.8 Å². The third kappa shape index (κ3) is 3.72. The van der Waals surface area contributed by atoms with Crippen LogP contribution in [0.25, 0.3) is 0 Å². The van der Waals surface area contributed by atoms with E-state index >= 15 is 0 Å². The number of carbonyl (C=O) groups is 2. The van der Waals surface area contributed by atoms with Gasteiger partial charge in [0, 0.05) is 32.1 Å². The van der Waals surface area contributed by atoms with Crippen molar-refractivity contribution in [3.8, 4) is 0 Å². The van der Waals surface area contributed by atoms with E-state index in [1.165, 1.54) is 6.42 Å². The second kappa shape index (κ2) is 7.07. The molecule has 5 heteroatoms. The Hall–Kier alpha value is -1.10. The summed E-state index contributed by atoms with van der Waals surface area (Å²) < 4.78 is 0. The lowest BCUT2D eigenvalue weighted by Crippen LogP contribution is -2.49. The quantitative estimate of drug-likeness (QED) is 0.816. The Labute approximate surface area is 121 Å². The monoisotopic (exact) mass is 281 g/mol. The van der Waals surface area contributed by atoms with Crippen molar-refractivity contribution in [2.75, 3.05) is 32.7 Å². The van der Waals surface area contributed by atoms with E-state index in [9.17, 15) is 9.59 Å². The van der Waals surface area contributed by atoms with Gasteiger partial charge in [-0.2, -0.15) is 0 Å². The number of hydrogen-bond acceptors (Lipinski definition) is 3. The van der Waals surface area contributed by atoms with Gasteiger partial charge in [0.05, 0.1) is 6.04 Å². The average Bonchev–Trinajstić information content (AvgIpc) is 2.72. The molecule has 2 heterocycles.